The van der Waals surface area contributed by atoms with E-state index < -0.39 is 11.9 Å². The lowest BCUT2D eigenvalue weighted by Crippen LogP contribution is -2.08. The van der Waals surface area contributed by atoms with Crippen LogP contribution in [0.2, 0.25) is 0 Å². The van der Waals surface area contributed by atoms with Crippen LogP contribution in [0.4, 0.5) is 0 Å². The Kier molecular flexibility index (Phi) is 7.57. The number of ketones is 1. The molecule has 0 aliphatic heterocycles. The Balaban J connectivity index is 1.79. The van der Waals surface area contributed by atoms with Gasteiger partial charge in [-0.2, -0.15) is 0 Å². The number of esters is 2. The van der Waals surface area contributed by atoms with E-state index in [1.807, 2.05) is 17.5 Å². The zero-order valence-electron chi connectivity index (χ0n) is 18.4. The molecule has 8 nitrogen and oxygen atoms in total. The number of allylic oxidation sites excluding steroid dienone is 1. The number of hydrogen-bond donors (Lipinski definition) is 0. The van der Waals surface area contributed by atoms with Crippen LogP contribution in [0.15, 0.2) is 47.9 Å². The van der Waals surface area contributed by atoms with Gasteiger partial charge in [0, 0.05) is 30.4 Å². The second-order valence-corrected chi connectivity index (χ2v) is 7.55. The zero-order valence-corrected chi connectivity index (χ0v) is 19.2. The fraction of sp³-hybridized carbons (Fsp3) is 0.167. The summed E-state index contributed by atoms with van der Waals surface area (Å²) in [5, 5.41) is 2.58. The number of rotatable bonds is 8. The molecule has 0 aliphatic carbocycles. The van der Waals surface area contributed by atoms with E-state index in [9.17, 15) is 14.4 Å². The lowest BCUT2D eigenvalue weighted by molar-refractivity contribution is -0.134. The van der Waals surface area contributed by atoms with Gasteiger partial charge in [-0.05, 0) is 48.6 Å². The molecule has 0 saturated heterocycles. The monoisotopic (exact) mass is 467 g/mol. The maximum absolute atomic E-state index is 12.6. The first-order valence-electron chi connectivity index (χ1n) is 9.72. The predicted molar refractivity (Wildman–Crippen MR) is 123 cm³/mol. The molecular weight excluding hydrogens is 446 g/mol. The standard InChI is InChI=1S/C24H21NO7S/c1-14(26)31-21-10-5-16(11-23(21)32-15(2)27)19(28)8-7-18-13-33-24(25-18)17-6-9-20(29-3)22(12-17)30-4/h5-13H,1-4H3. The first-order chi connectivity index (χ1) is 15.8. The van der Waals surface area contributed by atoms with Crippen LogP contribution in [-0.4, -0.2) is 36.9 Å². The van der Waals surface area contributed by atoms with Gasteiger partial charge in [-0.15, -0.1) is 11.3 Å². The molecule has 0 atom stereocenters. The minimum atomic E-state index is -0.603. The van der Waals surface area contributed by atoms with Crippen molar-refractivity contribution in [2.24, 2.45) is 0 Å². The van der Waals surface area contributed by atoms with Crippen molar-refractivity contribution in [2.45, 2.75) is 13.8 Å². The van der Waals surface area contributed by atoms with Crippen LogP contribution in [0.3, 0.4) is 0 Å². The minimum absolute atomic E-state index is 0.0126. The molecule has 0 amide bonds. The van der Waals surface area contributed by atoms with Gasteiger partial charge in [0.25, 0.3) is 0 Å². The first-order valence-corrected chi connectivity index (χ1v) is 10.6. The molecule has 0 aliphatic rings. The Hall–Kier alpha value is -3.98. The number of hydrogen-bond acceptors (Lipinski definition) is 9. The molecule has 9 heteroatoms. The summed E-state index contributed by atoms with van der Waals surface area (Å²) in [5.41, 5.74) is 1.72. The largest absolute Gasteiger partial charge is 0.493 e. The molecule has 33 heavy (non-hydrogen) atoms. The molecule has 0 fully saturated rings. The van der Waals surface area contributed by atoms with Crippen molar-refractivity contribution < 1.29 is 33.3 Å². The van der Waals surface area contributed by atoms with Gasteiger partial charge in [-0.1, -0.05) is 0 Å². The highest BCUT2D eigenvalue weighted by Crippen LogP contribution is 2.34. The molecule has 1 heterocycles. The second kappa shape index (κ2) is 10.6. The zero-order chi connectivity index (χ0) is 24.0. The van der Waals surface area contributed by atoms with Gasteiger partial charge < -0.3 is 18.9 Å². The molecule has 0 bridgehead atoms. The highest BCUT2D eigenvalue weighted by atomic mass is 32.1. The average molecular weight is 467 g/mol. The average Bonchev–Trinajstić information content (AvgIpc) is 3.26. The molecule has 3 aromatic rings. The number of carbonyl (C=O) groups excluding carboxylic acids is 3. The van der Waals surface area contributed by atoms with Gasteiger partial charge in [0.2, 0.25) is 0 Å². The Bertz CT molecular complexity index is 1230. The van der Waals surface area contributed by atoms with Crippen molar-refractivity contribution in [3.05, 3.63) is 59.1 Å². The first kappa shape index (κ1) is 23.7. The number of carbonyl (C=O) groups is 3. The van der Waals surface area contributed by atoms with Crippen LogP contribution < -0.4 is 18.9 Å². The molecule has 0 unspecified atom stereocenters. The highest BCUT2D eigenvalue weighted by molar-refractivity contribution is 7.13. The van der Waals surface area contributed by atoms with Crippen molar-refractivity contribution in [1.82, 2.24) is 4.98 Å². The fourth-order valence-electron chi connectivity index (χ4n) is 2.86. The second-order valence-electron chi connectivity index (χ2n) is 6.69. The topological polar surface area (TPSA) is 101 Å². The number of benzene rings is 2. The maximum atomic E-state index is 12.6. The van der Waals surface area contributed by atoms with Crippen molar-refractivity contribution in [3.63, 3.8) is 0 Å². The summed E-state index contributed by atoms with van der Waals surface area (Å²) in [5.74, 6) is -0.253. The summed E-state index contributed by atoms with van der Waals surface area (Å²) >= 11 is 1.42. The Morgan fingerprint density at radius 2 is 1.52 bits per heavy atom. The third kappa shape index (κ3) is 6.05. The van der Waals surface area contributed by atoms with Crippen molar-refractivity contribution in [2.75, 3.05) is 14.2 Å². The van der Waals surface area contributed by atoms with Gasteiger partial charge in [0.1, 0.15) is 5.01 Å². The van der Waals surface area contributed by atoms with E-state index in [1.54, 1.807) is 26.4 Å². The highest BCUT2D eigenvalue weighted by Gasteiger charge is 2.14. The molecule has 0 spiro atoms. The molecule has 0 N–H and O–H groups in total. The smallest absolute Gasteiger partial charge is 0.308 e. The summed E-state index contributed by atoms with van der Waals surface area (Å²) in [6, 6.07) is 9.74. The SMILES string of the molecule is COc1ccc(-c2nc(C=CC(=O)c3ccc(OC(C)=O)c(OC(C)=O)c3)cs2)cc1OC. The lowest BCUT2D eigenvalue weighted by Gasteiger charge is -2.09. The van der Waals surface area contributed by atoms with Crippen molar-refractivity contribution in [1.29, 1.82) is 0 Å². The number of ether oxygens (including phenoxy) is 4. The van der Waals surface area contributed by atoms with Gasteiger partial charge in [0.05, 0.1) is 19.9 Å². The predicted octanol–water partition coefficient (Wildman–Crippen LogP) is 4.57. The third-order valence-electron chi connectivity index (χ3n) is 4.29. The Labute approximate surface area is 194 Å². The van der Waals surface area contributed by atoms with Gasteiger partial charge in [-0.3, -0.25) is 14.4 Å². The van der Waals surface area contributed by atoms with Gasteiger partial charge in [0.15, 0.2) is 28.8 Å². The fourth-order valence-corrected chi connectivity index (χ4v) is 3.64. The van der Waals surface area contributed by atoms with Gasteiger partial charge in [-0.25, -0.2) is 4.98 Å². The summed E-state index contributed by atoms with van der Waals surface area (Å²) in [7, 11) is 3.13. The number of methoxy groups -OCH3 is 2. The molecule has 170 valence electrons. The normalized spacial score (nSPS) is 10.7. The molecule has 2 aromatic carbocycles. The van der Waals surface area contributed by atoms with Crippen LogP contribution in [0.1, 0.15) is 29.9 Å². The van der Waals surface area contributed by atoms with Crippen LogP contribution in [0.5, 0.6) is 23.0 Å². The van der Waals surface area contributed by atoms with E-state index in [0.717, 1.165) is 10.6 Å². The summed E-state index contributed by atoms with van der Waals surface area (Å²) < 4.78 is 20.7. The Morgan fingerprint density at radius 3 is 2.18 bits per heavy atom. The van der Waals surface area contributed by atoms with Crippen molar-refractivity contribution >= 4 is 35.1 Å². The summed E-state index contributed by atoms with van der Waals surface area (Å²) in [6.07, 6.45) is 2.96. The summed E-state index contributed by atoms with van der Waals surface area (Å²) in [4.78, 5) is 39.8. The number of nitrogens with zero attached hydrogens (tertiary/aromatic N) is 1. The minimum Gasteiger partial charge on any atom is -0.493 e. The van der Waals surface area contributed by atoms with Crippen LogP contribution in [0, 0.1) is 0 Å². The number of aromatic nitrogens is 1. The van der Waals surface area contributed by atoms with Gasteiger partial charge >= 0.3 is 11.9 Å². The molecule has 0 radical (unpaired) electrons. The Morgan fingerprint density at radius 1 is 0.848 bits per heavy atom. The van der Waals surface area contributed by atoms with Crippen LogP contribution >= 0.6 is 11.3 Å². The van der Waals surface area contributed by atoms with Crippen LogP contribution in [-0.2, 0) is 9.59 Å². The third-order valence-corrected chi connectivity index (χ3v) is 5.20. The molecule has 1 aromatic heterocycles. The van der Waals surface area contributed by atoms with E-state index in [4.69, 9.17) is 18.9 Å². The van der Waals surface area contributed by atoms with E-state index in [1.165, 1.54) is 49.5 Å². The lowest BCUT2D eigenvalue weighted by atomic mass is 10.1. The summed E-state index contributed by atoms with van der Waals surface area (Å²) in [6.45, 7) is 2.44. The van der Waals surface area contributed by atoms with E-state index >= 15 is 0 Å². The maximum Gasteiger partial charge on any atom is 0.308 e. The molecule has 3 rings (SSSR count). The number of thiazole rings is 1. The van der Waals surface area contributed by atoms with E-state index in [-0.39, 0.29) is 22.8 Å². The van der Waals surface area contributed by atoms with E-state index in [2.05, 4.69) is 4.98 Å². The van der Waals surface area contributed by atoms with Crippen molar-refractivity contribution in [3.8, 4) is 33.6 Å². The quantitative estimate of drug-likeness (QED) is 0.205. The molecule has 0 saturated carbocycles. The van der Waals surface area contributed by atoms with Crippen LogP contribution in [0.25, 0.3) is 16.6 Å². The molecular formula is C24H21NO7S. The van der Waals surface area contributed by atoms with E-state index in [0.29, 0.717) is 17.2 Å².